The number of benzene rings is 1. The lowest BCUT2D eigenvalue weighted by Gasteiger charge is -2.27. The SMILES string of the molecule is CC(C)(C)c1ccccc1Nc1cc(N)nc(N2CCCCC2)n1. The lowest BCUT2D eigenvalue weighted by atomic mass is 9.86. The molecule has 1 saturated heterocycles. The van der Waals surface area contributed by atoms with Crippen molar-refractivity contribution in [1.82, 2.24) is 9.97 Å². The molecule has 3 N–H and O–H groups in total. The van der Waals surface area contributed by atoms with Crippen LogP contribution in [0.2, 0.25) is 0 Å². The van der Waals surface area contributed by atoms with E-state index in [0.717, 1.165) is 30.5 Å². The summed E-state index contributed by atoms with van der Waals surface area (Å²) < 4.78 is 0. The second-order valence-corrected chi connectivity index (χ2v) is 7.45. The molecule has 0 atom stereocenters. The van der Waals surface area contributed by atoms with E-state index < -0.39 is 0 Å². The molecule has 2 aromatic rings. The minimum absolute atomic E-state index is 0.0534. The maximum Gasteiger partial charge on any atom is 0.229 e. The Morgan fingerprint density at radius 3 is 2.46 bits per heavy atom. The van der Waals surface area contributed by atoms with Crippen LogP contribution in [0.15, 0.2) is 30.3 Å². The molecule has 0 spiro atoms. The molecular formula is C19H27N5. The fourth-order valence-corrected chi connectivity index (χ4v) is 3.14. The van der Waals surface area contributed by atoms with Gasteiger partial charge in [0, 0.05) is 24.8 Å². The predicted molar refractivity (Wildman–Crippen MR) is 101 cm³/mol. The number of aromatic nitrogens is 2. The zero-order valence-corrected chi connectivity index (χ0v) is 14.8. The second-order valence-electron chi connectivity index (χ2n) is 7.45. The average Bonchev–Trinajstić information content (AvgIpc) is 2.55. The van der Waals surface area contributed by atoms with Crippen molar-refractivity contribution >= 4 is 23.3 Å². The van der Waals surface area contributed by atoms with Gasteiger partial charge in [-0.25, -0.2) is 0 Å². The zero-order chi connectivity index (χ0) is 17.2. The molecule has 0 aliphatic carbocycles. The third-order valence-electron chi connectivity index (χ3n) is 4.37. The monoisotopic (exact) mass is 325 g/mol. The lowest BCUT2D eigenvalue weighted by Crippen LogP contribution is -2.31. The summed E-state index contributed by atoms with van der Waals surface area (Å²) in [5.74, 6) is 1.98. The van der Waals surface area contributed by atoms with Crippen LogP contribution in [0.25, 0.3) is 0 Å². The number of nitrogen functional groups attached to an aromatic ring is 1. The van der Waals surface area contributed by atoms with E-state index in [0.29, 0.717) is 5.82 Å². The quantitative estimate of drug-likeness (QED) is 0.889. The Balaban J connectivity index is 1.90. The highest BCUT2D eigenvalue weighted by atomic mass is 15.3. The Morgan fingerprint density at radius 1 is 1.04 bits per heavy atom. The predicted octanol–water partition coefficient (Wildman–Crippen LogP) is 4.09. The van der Waals surface area contributed by atoms with Gasteiger partial charge in [0.1, 0.15) is 11.6 Å². The summed E-state index contributed by atoms with van der Waals surface area (Å²) >= 11 is 0. The highest BCUT2D eigenvalue weighted by Crippen LogP contribution is 2.31. The molecule has 128 valence electrons. The summed E-state index contributed by atoms with van der Waals surface area (Å²) in [6.45, 7) is 8.63. The van der Waals surface area contributed by atoms with E-state index in [1.807, 2.05) is 6.07 Å². The topological polar surface area (TPSA) is 67.1 Å². The van der Waals surface area contributed by atoms with Crippen molar-refractivity contribution in [2.24, 2.45) is 0 Å². The van der Waals surface area contributed by atoms with Crippen LogP contribution < -0.4 is 16.0 Å². The molecule has 5 nitrogen and oxygen atoms in total. The average molecular weight is 325 g/mol. The number of nitrogens with two attached hydrogens (primary N) is 1. The molecular weight excluding hydrogens is 298 g/mol. The van der Waals surface area contributed by atoms with Crippen molar-refractivity contribution in [2.45, 2.75) is 45.4 Å². The number of rotatable bonds is 3. The van der Waals surface area contributed by atoms with E-state index in [1.54, 1.807) is 6.07 Å². The van der Waals surface area contributed by atoms with Crippen LogP contribution in [0.4, 0.5) is 23.3 Å². The van der Waals surface area contributed by atoms with Crippen molar-refractivity contribution < 1.29 is 0 Å². The van der Waals surface area contributed by atoms with Crippen LogP contribution in [0.5, 0.6) is 0 Å². The number of anilines is 4. The van der Waals surface area contributed by atoms with Gasteiger partial charge in [0.2, 0.25) is 5.95 Å². The minimum atomic E-state index is 0.0534. The van der Waals surface area contributed by atoms with E-state index in [9.17, 15) is 0 Å². The lowest BCUT2D eigenvalue weighted by molar-refractivity contribution is 0.568. The molecule has 0 unspecified atom stereocenters. The Morgan fingerprint density at radius 2 is 1.75 bits per heavy atom. The molecule has 1 aromatic heterocycles. The first-order valence-corrected chi connectivity index (χ1v) is 8.69. The van der Waals surface area contributed by atoms with Crippen LogP contribution in [-0.2, 0) is 5.41 Å². The van der Waals surface area contributed by atoms with Crippen LogP contribution >= 0.6 is 0 Å². The maximum absolute atomic E-state index is 6.03. The first-order chi connectivity index (χ1) is 11.4. The normalized spacial score (nSPS) is 15.4. The highest BCUT2D eigenvalue weighted by Gasteiger charge is 2.19. The number of hydrogen-bond donors (Lipinski definition) is 2. The van der Waals surface area contributed by atoms with Gasteiger partial charge in [-0.2, -0.15) is 9.97 Å². The van der Waals surface area contributed by atoms with E-state index in [4.69, 9.17) is 10.7 Å². The molecule has 0 saturated carbocycles. The Hall–Kier alpha value is -2.30. The molecule has 2 heterocycles. The van der Waals surface area contributed by atoms with Crippen LogP contribution in [0.1, 0.15) is 45.6 Å². The first-order valence-electron chi connectivity index (χ1n) is 8.69. The Kier molecular flexibility index (Phi) is 4.60. The van der Waals surface area contributed by atoms with Gasteiger partial charge in [-0.15, -0.1) is 0 Å². The van der Waals surface area contributed by atoms with Crippen molar-refractivity contribution in [3.63, 3.8) is 0 Å². The fraction of sp³-hybridized carbons (Fsp3) is 0.474. The molecule has 1 aliphatic heterocycles. The number of nitrogens with one attached hydrogen (secondary N) is 1. The zero-order valence-electron chi connectivity index (χ0n) is 14.8. The Labute approximate surface area is 144 Å². The van der Waals surface area contributed by atoms with Gasteiger partial charge < -0.3 is 16.0 Å². The third-order valence-corrected chi connectivity index (χ3v) is 4.37. The largest absolute Gasteiger partial charge is 0.383 e. The molecule has 1 aliphatic rings. The fourth-order valence-electron chi connectivity index (χ4n) is 3.14. The summed E-state index contributed by atoms with van der Waals surface area (Å²) in [7, 11) is 0. The second kappa shape index (κ2) is 6.67. The molecule has 24 heavy (non-hydrogen) atoms. The van der Waals surface area contributed by atoms with Gasteiger partial charge in [-0.1, -0.05) is 39.0 Å². The minimum Gasteiger partial charge on any atom is -0.383 e. The summed E-state index contributed by atoms with van der Waals surface area (Å²) in [6, 6.07) is 10.1. The van der Waals surface area contributed by atoms with Gasteiger partial charge in [0.25, 0.3) is 0 Å². The van der Waals surface area contributed by atoms with Gasteiger partial charge in [0.05, 0.1) is 0 Å². The number of nitrogens with zero attached hydrogens (tertiary/aromatic N) is 3. The Bertz CT molecular complexity index is 699. The van der Waals surface area contributed by atoms with Crippen LogP contribution in [0, 0.1) is 0 Å². The molecule has 1 fully saturated rings. The van der Waals surface area contributed by atoms with Crippen molar-refractivity contribution in [1.29, 1.82) is 0 Å². The van der Waals surface area contributed by atoms with Crippen molar-refractivity contribution in [2.75, 3.05) is 29.0 Å². The van der Waals surface area contributed by atoms with Crippen LogP contribution in [0.3, 0.4) is 0 Å². The molecule has 5 heteroatoms. The van der Waals surface area contributed by atoms with E-state index in [-0.39, 0.29) is 5.41 Å². The van der Waals surface area contributed by atoms with Crippen molar-refractivity contribution in [3.8, 4) is 0 Å². The summed E-state index contributed by atoms with van der Waals surface area (Å²) in [6.07, 6.45) is 3.66. The molecule has 0 radical (unpaired) electrons. The van der Waals surface area contributed by atoms with E-state index >= 15 is 0 Å². The molecule has 1 aromatic carbocycles. The van der Waals surface area contributed by atoms with Crippen LogP contribution in [-0.4, -0.2) is 23.1 Å². The highest BCUT2D eigenvalue weighted by molar-refractivity contribution is 5.65. The van der Waals surface area contributed by atoms with E-state index in [1.165, 1.54) is 24.8 Å². The maximum atomic E-state index is 6.03. The van der Waals surface area contributed by atoms with Gasteiger partial charge in [-0.05, 0) is 36.3 Å². The third kappa shape index (κ3) is 3.78. The summed E-state index contributed by atoms with van der Waals surface area (Å²) in [5, 5.41) is 3.44. The number of piperidine rings is 1. The summed E-state index contributed by atoms with van der Waals surface area (Å²) in [4.78, 5) is 11.3. The van der Waals surface area contributed by atoms with E-state index in [2.05, 4.69) is 54.2 Å². The van der Waals surface area contributed by atoms with Gasteiger partial charge in [0.15, 0.2) is 0 Å². The smallest absolute Gasteiger partial charge is 0.229 e. The standard InChI is InChI=1S/C19H27N5/c1-19(2,3)14-9-5-6-10-15(14)21-17-13-16(20)22-18(23-17)24-11-7-4-8-12-24/h5-6,9-10,13H,4,7-8,11-12H2,1-3H3,(H3,20,21,22,23). The molecule has 3 rings (SSSR count). The van der Waals surface area contributed by atoms with Crippen molar-refractivity contribution in [3.05, 3.63) is 35.9 Å². The molecule has 0 bridgehead atoms. The summed E-state index contributed by atoms with van der Waals surface area (Å²) in [5.41, 5.74) is 8.39. The first kappa shape index (κ1) is 16.6. The molecule has 0 amide bonds. The number of para-hydroxylation sites is 1. The van der Waals surface area contributed by atoms with Gasteiger partial charge >= 0.3 is 0 Å². The van der Waals surface area contributed by atoms with Gasteiger partial charge in [-0.3, -0.25) is 0 Å². The number of hydrogen-bond acceptors (Lipinski definition) is 5.